The van der Waals surface area contributed by atoms with Gasteiger partial charge in [-0.3, -0.25) is 0 Å². The highest BCUT2D eigenvalue weighted by Crippen LogP contribution is 2.20. The zero-order valence-electron chi connectivity index (χ0n) is 9.19. The highest BCUT2D eigenvalue weighted by molar-refractivity contribution is 7.89. The Balaban J connectivity index is 3.40. The van der Waals surface area contributed by atoms with Gasteiger partial charge in [0.05, 0.1) is 4.90 Å². The fraction of sp³-hybridized carbons (Fsp3) is 0.400. The predicted molar refractivity (Wildman–Crippen MR) is 59.9 cm³/mol. The van der Waals surface area contributed by atoms with Crippen molar-refractivity contribution in [3.8, 4) is 0 Å². The third-order valence-electron chi connectivity index (χ3n) is 2.37. The van der Waals surface area contributed by atoms with Crippen LogP contribution in [0.4, 0.5) is 0 Å². The van der Waals surface area contributed by atoms with Crippen LogP contribution in [0.2, 0.25) is 0 Å². The second-order valence-corrected chi connectivity index (χ2v) is 5.65. The highest BCUT2D eigenvalue weighted by Gasteiger charge is 2.20. The fourth-order valence-corrected chi connectivity index (χ4v) is 2.52. The number of benzene rings is 1. The maximum atomic E-state index is 11.9. The molecule has 0 saturated heterocycles. The number of sulfonamides is 1. The lowest BCUT2D eigenvalue weighted by Gasteiger charge is -2.15. The van der Waals surface area contributed by atoms with Crippen molar-refractivity contribution in [2.45, 2.75) is 18.4 Å². The molecule has 0 radical (unpaired) electrons. The summed E-state index contributed by atoms with van der Waals surface area (Å²) in [6.45, 7) is 2.13. The van der Waals surface area contributed by atoms with Gasteiger partial charge in [0.1, 0.15) is 0 Å². The van der Waals surface area contributed by atoms with Crippen LogP contribution in [-0.2, 0) is 16.6 Å². The molecule has 0 aromatic heterocycles. The first-order valence-corrected chi connectivity index (χ1v) is 6.06. The van der Waals surface area contributed by atoms with Gasteiger partial charge in [-0.25, -0.2) is 12.7 Å². The molecule has 0 unspecified atom stereocenters. The van der Waals surface area contributed by atoms with E-state index in [1.54, 1.807) is 19.1 Å². The summed E-state index contributed by atoms with van der Waals surface area (Å²) >= 11 is 0. The smallest absolute Gasteiger partial charge is 0.242 e. The van der Waals surface area contributed by atoms with Crippen molar-refractivity contribution < 1.29 is 8.42 Å². The molecule has 0 aliphatic carbocycles. The van der Waals surface area contributed by atoms with Gasteiger partial charge in [0.15, 0.2) is 0 Å². The first-order chi connectivity index (χ1) is 6.91. The van der Waals surface area contributed by atoms with Gasteiger partial charge in [-0.2, -0.15) is 0 Å². The third kappa shape index (κ3) is 2.19. The molecule has 0 bridgehead atoms. The van der Waals surface area contributed by atoms with Gasteiger partial charge in [0.2, 0.25) is 10.0 Å². The Kier molecular flexibility index (Phi) is 3.49. The van der Waals surface area contributed by atoms with Crippen molar-refractivity contribution in [1.82, 2.24) is 4.31 Å². The van der Waals surface area contributed by atoms with Crippen molar-refractivity contribution >= 4 is 10.0 Å². The number of nitrogens with two attached hydrogens (primary N) is 1. The van der Waals surface area contributed by atoms with Gasteiger partial charge in [0, 0.05) is 20.6 Å². The normalized spacial score (nSPS) is 12.1. The summed E-state index contributed by atoms with van der Waals surface area (Å²) in [5, 5.41) is 0. The molecule has 5 heteroatoms. The second-order valence-electron chi connectivity index (χ2n) is 3.53. The monoisotopic (exact) mass is 228 g/mol. The minimum Gasteiger partial charge on any atom is -0.326 e. The summed E-state index contributed by atoms with van der Waals surface area (Å²) in [4.78, 5) is 0.329. The SMILES string of the molecule is Cc1c(CN)cccc1S(=O)(=O)N(C)C. The molecule has 0 aliphatic heterocycles. The highest BCUT2D eigenvalue weighted by atomic mass is 32.2. The van der Waals surface area contributed by atoms with E-state index in [0.717, 1.165) is 11.1 Å². The van der Waals surface area contributed by atoms with Gasteiger partial charge in [0.25, 0.3) is 0 Å². The molecule has 1 aromatic carbocycles. The quantitative estimate of drug-likeness (QED) is 0.828. The van der Waals surface area contributed by atoms with Crippen LogP contribution in [0.5, 0.6) is 0 Å². The van der Waals surface area contributed by atoms with Gasteiger partial charge in [-0.15, -0.1) is 0 Å². The minimum absolute atomic E-state index is 0.329. The van der Waals surface area contributed by atoms with E-state index in [0.29, 0.717) is 11.4 Å². The molecular weight excluding hydrogens is 212 g/mol. The molecular formula is C10H16N2O2S. The molecule has 2 N–H and O–H groups in total. The Morgan fingerprint density at radius 3 is 2.40 bits per heavy atom. The molecule has 0 fully saturated rings. The summed E-state index contributed by atoms with van der Waals surface area (Å²) in [5.74, 6) is 0. The average molecular weight is 228 g/mol. The van der Waals surface area contributed by atoms with Crippen molar-refractivity contribution in [1.29, 1.82) is 0 Å². The number of nitrogens with zero attached hydrogens (tertiary/aromatic N) is 1. The van der Waals surface area contributed by atoms with E-state index in [9.17, 15) is 8.42 Å². The second kappa shape index (κ2) is 4.30. The summed E-state index contributed by atoms with van der Waals surface area (Å²) < 4.78 is 25.0. The Morgan fingerprint density at radius 2 is 1.93 bits per heavy atom. The van der Waals surface area contributed by atoms with Crippen LogP contribution in [0.25, 0.3) is 0 Å². The minimum atomic E-state index is -3.36. The Hall–Kier alpha value is -0.910. The average Bonchev–Trinajstić information content (AvgIpc) is 2.17. The largest absolute Gasteiger partial charge is 0.326 e. The van der Waals surface area contributed by atoms with Gasteiger partial charge < -0.3 is 5.73 Å². The van der Waals surface area contributed by atoms with Crippen molar-refractivity contribution in [3.63, 3.8) is 0 Å². The molecule has 1 rings (SSSR count). The maximum absolute atomic E-state index is 11.9. The van der Waals surface area contributed by atoms with E-state index in [2.05, 4.69) is 0 Å². The Morgan fingerprint density at radius 1 is 1.33 bits per heavy atom. The predicted octanol–water partition coefficient (Wildman–Crippen LogP) is 0.704. The summed E-state index contributed by atoms with van der Waals surface area (Å²) in [6.07, 6.45) is 0. The van der Waals surface area contributed by atoms with Crippen LogP contribution < -0.4 is 5.73 Å². The van der Waals surface area contributed by atoms with E-state index in [-0.39, 0.29) is 0 Å². The van der Waals surface area contributed by atoms with Crippen LogP contribution in [0.1, 0.15) is 11.1 Å². The molecule has 0 atom stereocenters. The van der Waals surface area contributed by atoms with Crippen LogP contribution in [0.15, 0.2) is 23.1 Å². The van der Waals surface area contributed by atoms with Crippen LogP contribution in [-0.4, -0.2) is 26.8 Å². The number of hydrogen-bond donors (Lipinski definition) is 1. The standard InChI is InChI=1S/C10H16N2O2S/c1-8-9(7-11)5-4-6-10(8)15(13,14)12(2)3/h4-6H,7,11H2,1-3H3. The first kappa shape index (κ1) is 12.2. The number of rotatable bonds is 3. The van der Waals surface area contributed by atoms with Gasteiger partial charge in [-0.05, 0) is 24.1 Å². The molecule has 15 heavy (non-hydrogen) atoms. The Labute approximate surface area is 90.8 Å². The molecule has 0 amide bonds. The van der Waals surface area contributed by atoms with Crippen LogP contribution >= 0.6 is 0 Å². The van der Waals surface area contributed by atoms with E-state index >= 15 is 0 Å². The summed E-state index contributed by atoms with van der Waals surface area (Å²) in [7, 11) is -0.327. The molecule has 4 nitrogen and oxygen atoms in total. The molecule has 0 saturated carbocycles. The van der Waals surface area contributed by atoms with E-state index < -0.39 is 10.0 Å². The van der Waals surface area contributed by atoms with E-state index in [1.165, 1.54) is 18.4 Å². The maximum Gasteiger partial charge on any atom is 0.242 e. The molecule has 84 valence electrons. The Bertz CT molecular complexity index is 452. The summed E-state index contributed by atoms with van der Waals surface area (Å²) in [6, 6.07) is 5.15. The zero-order chi connectivity index (χ0) is 11.6. The van der Waals surface area contributed by atoms with Crippen LogP contribution in [0, 0.1) is 6.92 Å². The van der Waals surface area contributed by atoms with Gasteiger partial charge >= 0.3 is 0 Å². The fourth-order valence-electron chi connectivity index (χ4n) is 1.36. The molecule has 0 spiro atoms. The zero-order valence-corrected chi connectivity index (χ0v) is 10.0. The lowest BCUT2D eigenvalue weighted by Crippen LogP contribution is -2.23. The summed E-state index contributed by atoms with van der Waals surface area (Å²) in [5.41, 5.74) is 7.12. The number of hydrogen-bond acceptors (Lipinski definition) is 3. The van der Waals surface area contributed by atoms with E-state index in [4.69, 9.17) is 5.73 Å². The molecule has 0 heterocycles. The van der Waals surface area contributed by atoms with Crippen LogP contribution in [0.3, 0.4) is 0 Å². The first-order valence-electron chi connectivity index (χ1n) is 4.62. The third-order valence-corrected chi connectivity index (χ3v) is 4.33. The van der Waals surface area contributed by atoms with Crippen molar-refractivity contribution in [2.75, 3.05) is 14.1 Å². The van der Waals surface area contributed by atoms with Gasteiger partial charge in [-0.1, -0.05) is 12.1 Å². The lowest BCUT2D eigenvalue weighted by molar-refractivity contribution is 0.520. The lowest BCUT2D eigenvalue weighted by atomic mass is 10.1. The van der Waals surface area contributed by atoms with E-state index in [1.807, 2.05) is 6.07 Å². The van der Waals surface area contributed by atoms with Crippen molar-refractivity contribution in [2.24, 2.45) is 5.73 Å². The molecule has 1 aromatic rings. The topological polar surface area (TPSA) is 63.4 Å². The van der Waals surface area contributed by atoms with Crippen molar-refractivity contribution in [3.05, 3.63) is 29.3 Å². The molecule has 0 aliphatic rings.